The van der Waals surface area contributed by atoms with Crippen LogP contribution in [0, 0.1) is 18.8 Å². The van der Waals surface area contributed by atoms with Crippen molar-refractivity contribution in [3.8, 4) is 0 Å². The van der Waals surface area contributed by atoms with E-state index in [0.717, 1.165) is 0 Å². The van der Waals surface area contributed by atoms with Gasteiger partial charge in [0, 0.05) is 16.9 Å². The molecule has 2 saturated carbocycles. The second-order valence-corrected chi connectivity index (χ2v) is 12.3. The van der Waals surface area contributed by atoms with Gasteiger partial charge in [-0.05, 0) is 74.1 Å². The van der Waals surface area contributed by atoms with E-state index >= 15 is 0 Å². The predicted molar refractivity (Wildman–Crippen MR) is 159 cm³/mol. The molecule has 3 aromatic carbocycles. The second kappa shape index (κ2) is 9.63. The van der Waals surface area contributed by atoms with Crippen LogP contribution in [0.4, 0.5) is 5.69 Å². The zero-order valence-corrected chi connectivity index (χ0v) is 23.2. The summed E-state index contributed by atoms with van der Waals surface area (Å²) in [7, 11) is 0. The van der Waals surface area contributed by atoms with Gasteiger partial charge in [-0.3, -0.25) is 0 Å². The topological polar surface area (TPSA) is 6.48 Å². The van der Waals surface area contributed by atoms with Crippen LogP contribution in [-0.2, 0) is 5.54 Å². The van der Waals surface area contributed by atoms with Gasteiger partial charge in [-0.2, -0.15) is 0 Å². The van der Waals surface area contributed by atoms with Crippen LogP contribution < -0.4 is 4.90 Å². The number of hydrogen-bond donors (Lipinski definition) is 0. The van der Waals surface area contributed by atoms with Crippen molar-refractivity contribution in [3.05, 3.63) is 107 Å². The Balaban J connectivity index is 1.53. The van der Waals surface area contributed by atoms with Crippen molar-refractivity contribution in [2.24, 2.45) is 11.8 Å². The normalized spacial score (nSPS) is 26.1. The first-order chi connectivity index (χ1) is 18.7. The largest absolute Gasteiger partial charge is 0.334 e. The molecule has 2 aliphatic heterocycles. The Bertz CT molecular complexity index is 1330. The van der Waals surface area contributed by atoms with Crippen molar-refractivity contribution in [2.75, 3.05) is 4.90 Å². The summed E-state index contributed by atoms with van der Waals surface area (Å²) in [6, 6.07) is 30.2. The maximum atomic E-state index is 3.00. The number of allylic oxidation sites excluding steroid dienone is 1. The lowest BCUT2D eigenvalue weighted by Crippen LogP contribution is -2.57. The van der Waals surface area contributed by atoms with E-state index in [2.05, 4.69) is 103 Å². The summed E-state index contributed by atoms with van der Waals surface area (Å²) in [4.78, 5) is 5.78. The third kappa shape index (κ3) is 3.45. The molecule has 2 unspecified atom stereocenters. The minimum atomic E-state index is -0.117. The Labute approximate surface area is 229 Å². The standard InChI is InChI=1S/C36H42N2/c1-26-16-12-15-25-33(26)37-27(2)34-31-23-13-14-24-32(31)36(29-19-8-4-9-20-29,30-21-10-5-11-22-30)38(34)35(37)28-17-6-3-7-18-28/h4,8-9,12-16,19-20,23-25,28,30,35H,3,5-7,10-11,17-18,21-22H2,1-2H3. The molecular weight excluding hydrogens is 460 g/mol. The summed E-state index contributed by atoms with van der Waals surface area (Å²) in [6.45, 7) is 4.71. The van der Waals surface area contributed by atoms with Crippen LogP contribution in [0.3, 0.4) is 0 Å². The van der Waals surface area contributed by atoms with Crippen molar-refractivity contribution in [2.45, 2.75) is 89.8 Å². The highest BCUT2D eigenvalue weighted by Gasteiger charge is 2.60. The third-order valence-corrected chi connectivity index (χ3v) is 10.3. The van der Waals surface area contributed by atoms with Crippen LogP contribution in [0.25, 0.3) is 5.70 Å². The molecule has 3 aromatic rings. The van der Waals surface area contributed by atoms with E-state index in [1.165, 1.54) is 98.0 Å². The van der Waals surface area contributed by atoms with Gasteiger partial charge in [0.2, 0.25) is 0 Å². The molecular formula is C36H42N2. The van der Waals surface area contributed by atoms with Crippen LogP contribution in [0.2, 0.25) is 0 Å². The smallest absolute Gasteiger partial charge is 0.110 e. The molecule has 2 heterocycles. The van der Waals surface area contributed by atoms with Gasteiger partial charge in [-0.15, -0.1) is 0 Å². The number of benzene rings is 3. The Hall–Kier alpha value is -3.00. The maximum Gasteiger partial charge on any atom is 0.110 e. The number of hydrogen-bond acceptors (Lipinski definition) is 2. The number of nitrogens with zero attached hydrogens (tertiary/aromatic N) is 2. The molecule has 2 aliphatic carbocycles. The van der Waals surface area contributed by atoms with Gasteiger partial charge in [0.15, 0.2) is 0 Å². The Kier molecular flexibility index (Phi) is 6.10. The van der Waals surface area contributed by atoms with E-state index in [1.807, 2.05) is 0 Å². The quantitative estimate of drug-likeness (QED) is 0.351. The van der Waals surface area contributed by atoms with Gasteiger partial charge in [0.1, 0.15) is 6.17 Å². The zero-order chi connectivity index (χ0) is 25.7. The van der Waals surface area contributed by atoms with E-state index in [4.69, 9.17) is 0 Å². The fourth-order valence-electron chi connectivity index (χ4n) is 8.77. The van der Waals surface area contributed by atoms with Crippen LogP contribution in [0.5, 0.6) is 0 Å². The van der Waals surface area contributed by atoms with E-state index in [0.29, 0.717) is 18.0 Å². The Morgan fingerprint density at radius 3 is 2.03 bits per heavy atom. The molecule has 2 atom stereocenters. The summed E-state index contributed by atoms with van der Waals surface area (Å²) in [5.41, 5.74) is 10.1. The van der Waals surface area contributed by atoms with E-state index < -0.39 is 0 Å². The Morgan fingerprint density at radius 1 is 0.658 bits per heavy atom. The molecule has 0 spiro atoms. The molecule has 2 heteroatoms. The number of rotatable bonds is 4. The van der Waals surface area contributed by atoms with E-state index in [9.17, 15) is 0 Å². The monoisotopic (exact) mass is 502 g/mol. The molecule has 7 rings (SSSR count). The zero-order valence-electron chi connectivity index (χ0n) is 23.2. The molecule has 0 radical (unpaired) electrons. The lowest BCUT2D eigenvalue weighted by Gasteiger charge is -2.53. The van der Waals surface area contributed by atoms with Crippen molar-refractivity contribution in [3.63, 3.8) is 0 Å². The summed E-state index contributed by atoms with van der Waals surface area (Å²) in [6.07, 6.45) is 13.8. The first-order valence-corrected chi connectivity index (χ1v) is 15.2. The first kappa shape index (κ1) is 24.1. The third-order valence-electron chi connectivity index (χ3n) is 10.3. The second-order valence-electron chi connectivity index (χ2n) is 12.3. The fraction of sp³-hybridized carbons (Fsp3) is 0.444. The lowest BCUT2D eigenvalue weighted by atomic mass is 9.66. The number of fused-ring (bicyclic) bond motifs is 3. The summed E-state index contributed by atoms with van der Waals surface area (Å²) in [5, 5.41) is 0. The molecule has 38 heavy (non-hydrogen) atoms. The van der Waals surface area contributed by atoms with E-state index in [1.54, 1.807) is 5.56 Å². The first-order valence-electron chi connectivity index (χ1n) is 15.2. The van der Waals surface area contributed by atoms with Crippen molar-refractivity contribution in [1.82, 2.24) is 4.90 Å². The van der Waals surface area contributed by atoms with Gasteiger partial charge in [-0.25, -0.2) is 0 Å². The van der Waals surface area contributed by atoms with Crippen molar-refractivity contribution >= 4 is 11.4 Å². The molecule has 0 amide bonds. The minimum absolute atomic E-state index is 0.117. The van der Waals surface area contributed by atoms with Gasteiger partial charge in [0.05, 0.1) is 11.2 Å². The molecule has 0 saturated heterocycles. The molecule has 0 aromatic heterocycles. The van der Waals surface area contributed by atoms with Crippen LogP contribution in [0.1, 0.15) is 93.4 Å². The highest BCUT2D eigenvalue weighted by molar-refractivity contribution is 5.84. The highest BCUT2D eigenvalue weighted by atomic mass is 15.5. The lowest BCUT2D eigenvalue weighted by molar-refractivity contribution is 0.0491. The van der Waals surface area contributed by atoms with Gasteiger partial charge < -0.3 is 9.80 Å². The minimum Gasteiger partial charge on any atom is -0.334 e. The van der Waals surface area contributed by atoms with Crippen LogP contribution in [-0.4, -0.2) is 11.1 Å². The molecule has 0 N–H and O–H groups in total. The maximum absolute atomic E-state index is 3.00. The van der Waals surface area contributed by atoms with Crippen LogP contribution in [0.15, 0.2) is 84.6 Å². The summed E-state index contributed by atoms with van der Waals surface area (Å²) < 4.78 is 0. The average Bonchev–Trinajstić information content (AvgIpc) is 3.45. The molecule has 4 aliphatic rings. The number of anilines is 1. The van der Waals surface area contributed by atoms with Gasteiger partial charge >= 0.3 is 0 Å². The van der Waals surface area contributed by atoms with E-state index in [-0.39, 0.29) is 5.54 Å². The van der Waals surface area contributed by atoms with Gasteiger partial charge in [-0.1, -0.05) is 111 Å². The van der Waals surface area contributed by atoms with Gasteiger partial charge in [0.25, 0.3) is 0 Å². The fourth-order valence-corrected chi connectivity index (χ4v) is 8.77. The summed E-state index contributed by atoms with van der Waals surface area (Å²) >= 11 is 0. The highest BCUT2D eigenvalue weighted by Crippen LogP contribution is 2.62. The predicted octanol–water partition coefficient (Wildman–Crippen LogP) is 9.25. The Morgan fingerprint density at radius 2 is 1.29 bits per heavy atom. The molecule has 2 fully saturated rings. The number of aryl methyl sites for hydroxylation is 1. The van der Waals surface area contributed by atoms with Crippen LogP contribution >= 0.6 is 0 Å². The number of para-hydroxylation sites is 1. The molecule has 196 valence electrons. The molecule has 2 nitrogen and oxygen atoms in total. The SMILES string of the molecule is CC1=C2c3ccccc3C(c3ccccc3)(C3CCCCC3)N2C(C2CCCCC2)N1c1ccccc1C. The average molecular weight is 503 g/mol. The van der Waals surface area contributed by atoms with Crippen molar-refractivity contribution in [1.29, 1.82) is 0 Å². The molecule has 0 bridgehead atoms. The van der Waals surface area contributed by atoms with Crippen molar-refractivity contribution < 1.29 is 0 Å². The summed E-state index contributed by atoms with van der Waals surface area (Å²) in [5.74, 6) is 1.28.